The molecule has 5 nitrogen and oxygen atoms in total. The van der Waals surface area contributed by atoms with Crippen molar-refractivity contribution in [1.29, 1.82) is 0 Å². The summed E-state index contributed by atoms with van der Waals surface area (Å²) in [5, 5.41) is 3.09. The molecule has 1 N–H and O–H groups in total. The Balaban J connectivity index is 1.49. The molecule has 1 fully saturated rings. The van der Waals surface area contributed by atoms with E-state index in [4.69, 9.17) is 9.47 Å². The number of benzene rings is 2. The van der Waals surface area contributed by atoms with Crippen LogP contribution in [-0.2, 0) is 17.7 Å². The van der Waals surface area contributed by atoms with Crippen LogP contribution in [0.5, 0.6) is 5.75 Å². The lowest BCUT2D eigenvalue weighted by Gasteiger charge is -2.27. The van der Waals surface area contributed by atoms with E-state index in [1.165, 1.54) is 0 Å². The van der Waals surface area contributed by atoms with Gasteiger partial charge in [0.2, 0.25) is 0 Å². The minimum atomic E-state index is -0.0761. The third-order valence-electron chi connectivity index (χ3n) is 4.93. The number of aryl methyl sites for hydroxylation is 1. The van der Waals surface area contributed by atoms with Crippen molar-refractivity contribution in [1.82, 2.24) is 4.90 Å². The van der Waals surface area contributed by atoms with Gasteiger partial charge in [0.15, 0.2) is 0 Å². The van der Waals surface area contributed by atoms with E-state index in [2.05, 4.69) is 16.3 Å². The maximum Gasteiger partial charge on any atom is 0.255 e. The molecular formula is C21H24N2O3. The van der Waals surface area contributed by atoms with Crippen LogP contribution in [0.4, 0.5) is 5.69 Å². The number of nitrogens with zero attached hydrogens (tertiary/aromatic N) is 1. The van der Waals surface area contributed by atoms with Crippen LogP contribution >= 0.6 is 0 Å². The smallest absolute Gasteiger partial charge is 0.255 e. The third-order valence-corrected chi connectivity index (χ3v) is 4.93. The summed E-state index contributed by atoms with van der Waals surface area (Å²) in [5.74, 6) is 0.827. The fourth-order valence-corrected chi connectivity index (χ4v) is 3.48. The minimum absolute atomic E-state index is 0.0761. The quantitative estimate of drug-likeness (QED) is 0.919. The largest absolute Gasteiger partial charge is 0.493 e. The lowest BCUT2D eigenvalue weighted by molar-refractivity contribution is 0.0342. The van der Waals surface area contributed by atoms with Crippen LogP contribution in [0.1, 0.15) is 27.9 Å². The van der Waals surface area contributed by atoms with Crippen molar-refractivity contribution < 1.29 is 14.3 Å². The van der Waals surface area contributed by atoms with Gasteiger partial charge in [-0.25, -0.2) is 0 Å². The molecule has 0 spiro atoms. The maximum absolute atomic E-state index is 12.8. The highest BCUT2D eigenvalue weighted by molar-refractivity contribution is 6.04. The standard InChI is InChI=1S/C21H24N2O3/c24-21(17-7-8-20-16(14-17)5-3-11-26-20)22-19-6-2-1-4-18(19)15-23-9-12-25-13-10-23/h1-2,4,6-8,14H,3,5,9-13,15H2,(H,22,24). The van der Waals surface area contributed by atoms with Crippen molar-refractivity contribution in [2.75, 3.05) is 38.2 Å². The predicted octanol–water partition coefficient (Wildman–Crippen LogP) is 3.10. The number of ether oxygens (including phenoxy) is 2. The molecule has 2 aromatic rings. The molecule has 1 amide bonds. The molecule has 26 heavy (non-hydrogen) atoms. The molecule has 1 saturated heterocycles. The number of hydrogen-bond acceptors (Lipinski definition) is 4. The van der Waals surface area contributed by atoms with Gasteiger partial charge in [-0.1, -0.05) is 18.2 Å². The third kappa shape index (κ3) is 3.89. The van der Waals surface area contributed by atoms with Crippen molar-refractivity contribution in [2.24, 2.45) is 0 Å². The van der Waals surface area contributed by atoms with Gasteiger partial charge >= 0.3 is 0 Å². The molecule has 0 unspecified atom stereocenters. The fraction of sp³-hybridized carbons (Fsp3) is 0.381. The van der Waals surface area contributed by atoms with Crippen LogP contribution < -0.4 is 10.1 Å². The van der Waals surface area contributed by atoms with Gasteiger partial charge in [0.25, 0.3) is 5.91 Å². The number of amides is 1. The zero-order valence-electron chi connectivity index (χ0n) is 14.9. The van der Waals surface area contributed by atoms with E-state index >= 15 is 0 Å². The van der Waals surface area contributed by atoms with E-state index in [1.807, 2.05) is 36.4 Å². The Kier molecular flexibility index (Phi) is 5.18. The molecule has 0 atom stereocenters. The second kappa shape index (κ2) is 7.89. The van der Waals surface area contributed by atoms with E-state index in [1.54, 1.807) is 0 Å². The van der Waals surface area contributed by atoms with Crippen molar-refractivity contribution in [2.45, 2.75) is 19.4 Å². The molecule has 2 aliphatic rings. The van der Waals surface area contributed by atoms with Crippen LogP contribution in [0.25, 0.3) is 0 Å². The molecule has 0 bridgehead atoms. The summed E-state index contributed by atoms with van der Waals surface area (Å²) in [6.45, 7) is 4.96. The van der Waals surface area contributed by atoms with Crippen LogP contribution in [0.15, 0.2) is 42.5 Å². The average Bonchev–Trinajstić information content (AvgIpc) is 2.70. The van der Waals surface area contributed by atoms with Crippen LogP contribution in [-0.4, -0.2) is 43.7 Å². The average molecular weight is 352 g/mol. The van der Waals surface area contributed by atoms with E-state index in [-0.39, 0.29) is 5.91 Å². The van der Waals surface area contributed by atoms with Gasteiger partial charge in [0.1, 0.15) is 5.75 Å². The second-order valence-corrected chi connectivity index (χ2v) is 6.77. The fourth-order valence-electron chi connectivity index (χ4n) is 3.48. The Bertz CT molecular complexity index is 785. The first-order chi connectivity index (χ1) is 12.8. The summed E-state index contributed by atoms with van der Waals surface area (Å²) in [6.07, 6.45) is 1.96. The monoisotopic (exact) mass is 352 g/mol. The molecule has 0 saturated carbocycles. The number of carbonyl (C=O) groups excluding carboxylic acids is 1. The van der Waals surface area contributed by atoms with Crippen LogP contribution in [0, 0.1) is 0 Å². The summed E-state index contributed by atoms with van der Waals surface area (Å²) in [5.41, 5.74) is 3.79. The number of nitrogens with one attached hydrogen (secondary N) is 1. The summed E-state index contributed by atoms with van der Waals surface area (Å²) in [4.78, 5) is 15.1. The van der Waals surface area contributed by atoms with Crippen LogP contribution in [0.2, 0.25) is 0 Å². The molecule has 2 aromatic carbocycles. The summed E-state index contributed by atoms with van der Waals surface area (Å²) < 4.78 is 11.0. The highest BCUT2D eigenvalue weighted by Crippen LogP contribution is 2.26. The molecule has 4 rings (SSSR count). The van der Waals surface area contributed by atoms with E-state index in [9.17, 15) is 4.79 Å². The first-order valence-electron chi connectivity index (χ1n) is 9.25. The number of morpholine rings is 1. The zero-order valence-corrected chi connectivity index (χ0v) is 14.9. The molecule has 2 heterocycles. The Hall–Kier alpha value is -2.37. The van der Waals surface area contributed by atoms with Gasteiger partial charge in [-0.3, -0.25) is 9.69 Å². The predicted molar refractivity (Wildman–Crippen MR) is 101 cm³/mol. The zero-order chi connectivity index (χ0) is 17.8. The normalized spacial score (nSPS) is 17.2. The first kappa shape index (κ1) is 17.1. The van der Waals surface area contributed by atoms with Crippen molar-refractivity contribution in [3.05, 3.63) is 59.2 Å². The SMILES string of the molecule is O=C(Nc1ccccc1CN1CCOCC1)c1ccc2c(c1)CCCO2. The minimum Gasteiger partial charge on any atom is -0.493 e. The van der Waals surface area contributed by atoms with Gasteiger partial charge in [-0.15, -0.1) is 0 Å². The molecule has 0 radical (unpaired) electrons. The highest BCUT2D eigenvalue weighted by atomic mass is 16.5. The molecule has 5 heteroatoms. The van der Waals surface area contributed by atoms with Crippen LogP contribution in [0.3, 0.4) is 0 Å². The van der Waals surface area contributed by atoms with Gasteiger partial charge in [0.05, 0.1) is 19.8 Å². The Labute approximate surface area is 153 Å². The summed E-state index contributed by atoms with van der Waals surface area (Å²) in [6, 6.07) is 13.7. The molecular weight excluding hydrogens is 328 g/mol. The first-order valence-corrected chi connectivity index (χ1v) is 9.25. The number of hydrogen-bond donors (Lipinski definition) is 1. The maximum atomic E-state index is 12.8. The van der Waals surface area contributed by atoms with Gasteiger partial charge in [-0.05, 0) is 48.2 Å². The second-order valence-electron chi connectivity index (χ2n) is 6.77. The Morgan fingerprint density at radius 1 is 1.08 bits per heavy atom. The lowest BCUT2D eigenvalue weighted by Crippen LogP contribution is -2.35. The number of fused-ring (bicyclic) bond motifs is 1. The molecule has 0 aliphatic carbocycles. The van der Waals surface area contributed by atoms with E-state index in [0.29, 0.717) is 5.56 Å². The van der Waals surface area contributed by atoms with E-state index in [0.717, 1.165) is 74.9 Å². The summed E-state index contributed by atoms with van der Waals surface area (Å²) in [7, 11) is 0. The Morgan fingerprint density at radius 3 is 2.81 bits per heavy atom. The number of anilines is 1. The molecule has 2 aliphatic heterocycles. The number of rotatable bonds is 4. The lowest BCUT2D eigenvalue weighted by atomic mass is 10.0. The number of para-hydroxylation sites is 1. The summed E-state index contributed by atoms with van der Waals surface area (Å²) >= 11 is 0. The highest BCUT2D eigenvalue weighted by Gasteiger charge is 2.16. The molecule has 136 valence electrons. The Morgan fingerprint density at radius 2 is 1.92 bits per heavy atom. The van der Waals surface area contributed by atoms with Crippen molar-refractivity contribution in [3.63, 3.8) is 0 Å². The van der Waals surface area contributed by atoms with Gasteiger partial charge in [-0.2, -0.15) is 0 Å². The topological polar surface area (TPSA) is 50.8 Å². The van der Waals surface area contributed by atoms with Gasteiger partial charge in [0, 0.05) is 30.9 Å². The number of carbonyl (C=O) groups is 1. The van der Waals surface area contributed by atoms with Gasteiger partial charge < -0.3 is 14.8 Å². The molecule has 0 aromatic heterocycles. The van der Waals surface area contributed by atoms with Crippen molar-refractivity contribution in [3.8, 4) is 5.75 Å². The van der Waals surface area contributed by atoms with E-state index < -0.39 is 0 Å². The van der Waals surface area contributed by atoms with Crippen molar-refractivity contribution >= 4 is 11.6 Å².